The van der Waals surface area contributed by atoms with Crippen LogP contribution in [-0.2, 0) is 13.0 Å². The van der Waals surface area contributed by atoms with Gasteiger partial charge in [0.1, 0.15) is 11.6 Å². The van der Waals surface area contributed by atoms with Gasteiger partial charge in [-0.25, -0.2) is 4.98 Å². The molecule has 0 spiro atoms. The van der Waals surface area contributed by atoms with Gasteiger partial charge in [0, 0.05) is 13.0 Å². The van der Waals surface area contributed by atoms with Crippen LogP contribution in [0.15, 0.2) is 48.5 Å². The smallest absolute Gasteiger partial charge is 0.119 e. The summed E-state index contributed by atoms with van der Waals surface area (Å²) in [5.74, 6) is 1.99. The zero-order valence-corrected chi connectivity index (χ0v) is 13.9. The summed E-state index contributed by atoms with van der Waals surface area (Å²) in [5.41, 5.74) is 2.69. The van der Waals surface area contributed by atoms with Gasteiger partial charge in [0.15, 0.2) is 0 Å². The lowest BCUT2D eigenvalue weighted by molar-refractivity contribution is 0.303. The Balaban J connectivity index is 1.63. The van der Waals surface area contributed by atoms with E-state index in [9.17, 15) is 0 Å². The Morgan fingerprint density at radius 2 is 1.96 bits per heavy atom. The van der Waals surface area contributed by atoms with E-state index in [-0.39, 0.29) is 0 Å². The molecular formula is C20H21N3O. The average Bonchev–Trinajstić information content (AvgIpc) is 2.99. The van der Waals surface area contributed by atoms with Crippen LogP contribution in [0, 0.1) is 11.3 Å². The Morgan fingerprint density at radius 1 is 1.12 bits per heavy atom. The molecule has 0 bridgehead atoms. The molecule has 2 aromatic carbocycles. The fourth-order valence-electron chi connectivity index (χ4n) is 2.84. The molecule has 0 aliphatic rings. The molecule has 3 rings (SSSR count). The Bertz CT molecular complexity index is 846. The summed E-state index contributed by atoms with van der Waals surface area (Å²) in [6.45, 7) is 3.72. The molecule has 4 heteroatoms. The Labute approximate surface area is 142 Å². The number of hydrogen-bond donors (Lipinski definition) is 0. The molecule has 0 unspecified atom stereocenters. The number of ether oxygens (including phenoxy) is 1. The topological polar surface area (TPSA) is 50.8 Å². The van der Waals surface area contributed by atoms with E-state index in [1.807, 2.05) is 48.5 Å². The van der Waals surface area contributed by atoms with Gasteiger partial charge in [-0.15, -0.1) is 0 Å². The van der Waals surface area contributed by atoms with Crippen LogP contribution in [0.2, 0.25) is 0 Å². The normalized spacial score (nSPS) is 10.7. The molecule has 1 heterocycles. The van der Waals surface area contributed by atoms with Crippen molar-refractivity contribution >= 4 is 11.0 Å². The summed E-state index contributed by atoms with van der Waals surface area (Å²) >= 11 is 0. The highest BCUT2D eigenvalue weighted by atomic mass is 16.5. The first-order valence-electron chi connectivity index (χ1n) is 8.39. The summed E-state index contributed by atoms with van der Waals surface area (Å²) in [6, 6.07) is 17.8. The number of unbranched alkanes of at least 4 members (excludes halogenated alkanes) is 1. The Morgan fingerprint density at radius 3 is 2.71 bits per heavy atom. The van der Waals surface area contributed by atoms with Crippen LogP contribution in [0.25, 0.3) is 11.0 Å². The first-order chi connectivity index (χ1) is 11.8. The van der Waals surface area contributed by atoms with Crippen molar-refractivity contribution in [3.05, 3.63) is 59.9 Å². The van der Waals surface area contributed by atoms with Crippen molar-refractivity contribution in [2.45, 2.75) is 32.7 Å². The number of nitriles is 1. The van der Waals surface area contributed by atoms with Crippen LogP contribution in [0.1, 0.15) is 31.2 Å². The number of fused-ring (bicyclic) bond motifs is 1. The molecule has 0 atom stereocenters. The van der Waals surface area contributed by atoms with Crippen LogP contribution in [-0.4, -0.2) is 16.2 Å². The van der Waals surface area contributed by atoms with Crippen LogP contribution >= 0.6 is 0 Å². The van der Waals surface area contributed by atoms with E-state index < -0.39 is 0 Å². The van der Waals surface area contributed by atoms with Crippen molar-refractivity contribution in [1.29, 1.82) is 5.26 Å². The fraction of sp³-hybridized carbons (Fsp3) is 0.300. The number of aromatic nitrogens is 2. The number of hydrogen-bond acceptors (Lipinski definition) is 3. The zero-order chi connectivity index (χ0) is 16.8. The number of imidazole rings is 1. The molecule has 0 radical (unpaired) electrons. The van der Waals surface area contributed by atoms with Crippen LogP contribution in [0.5, 0.6) is 5.75 Å². The van der Waals surface area contributed by atoms with Gasteiger partial charge in [-0.05, 0) is 43.2 Å². The molecule has 0 aliphatic carbocycles. The maximum Gasteiger partial charge on any atom is 0.119 e. The molecule has 0 fully saturated rings. The van der Waals surface area contributed by atoms with Crippen LogP contribution in [0.3, 0.4) is 0 Å². The van der Waals surface area contributed by atoms with E-state index in [0.717, 1.165) is 48.4 Å². The largest absolute Gasteiger partial charge is 0.494 e. The lowest BCUT2D eigenvalue weighted by Gasteiger charge is -2.09. The second kappa shape index (κ2) is 7.65. The molecule has 122 valence electrons. The van der Waals surface area contributed by atoms with Crippen molar-refractivity contribution < 1.29 is 4.74 Å². The highest BCUT2D eigenvalue weighted by Gasteiger charge is 2.09. The number of para-hydroxylation sites is 1. The number of aryl methyl sites for hydroxylation is 2. The lowest BCUT2D eigenvalue weighted by atomic mass is 10.2. The minimum atomic E-state index is 0.679. The number of rotatable bonds is 7. The second-order valence-electron chi connectivity index (χ2n) is 5.72. The molecular weight excluding hydrogens is 298 g/mol. The maximum atomic E-state index is 9.11. The van der Waals surface area contributed by atoms with Gasteiger partial charge >= 0.3 is 0 Å². The third-order valence-corrected chi connectivity index (χ3v) is 4.06. The summed E-state index contributed by atoms with van der Waals surface area (Å²) in [5, 5.41) is 9.11. The van der Waals surface area contributed by atoms with Crippen molar-refractivity contribution in [3.8, 4) is 11.8 Å². The molecule has 4 nitrogen and oxygen atoms in total. The molecule has 3 aromatic rings. The Kier molecular flexibility index (Phi) is 5.12. The molecule has 24 heavy (non-hydrogen) atoms. The SMILES string of the molecule is CCc1nc2ccc(C#N)cc2n1CCCCOc1ccccc1. The van der Waals surface area contributed by atoms with Crippen LogP contribution < -0.4 is 4.74 Å². The Hall–Kier alpha value is -2.80. The van der Waals surface area contributed by atoms with E-state index >= 15 is 0 Å². The van der Waals surface area contributed by atoms with Crippen molar-refractivity contribution in [2.24, 2.45) is 0 Å². The molecule has 1 aromatic heterocycles. The van der Waals surface area contributed by atoms with E-state index in [2.05, 4.69) is 22.5 Å². The molecule has 0 saturated heterocycles. The van der Waals surface area contributed by atoms with E-state index in [1.165, 1.54) is 0 Å². The van der Waals surface area contributed by atoms with E-state index in [0.29, 0.717) is 12.2 Å². The van der Waals surface area contributed by atoms with Gasteiger partial charge in [0.25, 0.3) is 0 Å². The quantitative estimate of drug-likeness (QED) is 0.609. The van der Waals surface area contributed by atoms with Crippen molar-refractivity contribution in [2.75, 3.05) is 6.61 Å². The number of benzene rings is 2. The minimum absolute atomic E-state index is 0.679. The van der Waals surface area contributed by atoms with Gasteiger partial charge in [0.2, 0.25) is 0 Å². The average molecular weight is 319 g/mol. The van der Waals surface area contributed by atoms with Gasteiger partial charge in [0.05, 0.1) is 29.3 Å². The highest BCUT2D eigenvalue weighted by molar-refractivity contribution is 5.77. The van der Waals surface area contributed by atoms with Crippen molar-refractivity contribution in [3.63, 3.8) is 0 Å². The van der Waals surface area contributed by atoms with Crippen molar-refractivity contribution in [1.82, 2.24) is 9.55 Å². The van der Waals surface area contributed by atoms with E-state index in [4.69, 9.17) is 10.00 Å². The predicted molar refractivity (Wildman–Crippen MR) is 95.0 cm³/mol. The summed E-state index contributed by atoms with van der Waals surface area (Å²) < 4.78 is 7.97. The van der Waals surface area contributed by atoms with E-state index in [1.54, 1.807) is 0 Å². The maximum absolute atomic E-state index is 9.11. The predicted octanol–water partition coefficient (Wildman–Crippen LogP) is 4.33. The highest BCUT2D eigenvalue weighted by Crippen LogP contribution is 2.19. The monoisotopic (exact) mass is 319 g/mol. The summed E-state index contributed by atoms with van der Waals surface area (Å²) in [4.78, 5) is 4.68. The lowest BCUT2D eigenvalue weighted by Crippen LogP contribution is -2.05. The van der Waals surface area contributed by atoms with Crippen LogP contribution in [0.4, 0.5) is 0 Å². The summed E-state index contributed by atoms with van der Waals surface area (Å²) in [6.07, 6.45) is 2.88. The minimum Gasteiger partial charge on any atom is -0.494 e. The number of nitrogens with zero attached hydrogens (tertiary/aromatic N) is 3. The van der Waals surface area contributed by atoms with Gasteiger partial charge < -0.3 is 9.30 Å². The fourth-order valence-corrected chi connectivity index (χ4v) is 2.84. The standard InChI is InChI=1S/C20H21N3O/c1-2-20-22-18-11-10-16(15-21)14-19(18)23(20)12-6-7-13-24-17-8-4-3-5-9-17/h3-5,8-11,14H,2,6-7,12-13H2,1H3. The third-order valence-electron chi connectivity index (χ3n) is 4.06. The zero-order valence-electron chi connectivity index (χ0n) is 13.9. The molecule has 0 N–H and O–H groups in total. The van der Waals surface area contributed by atoms with Gasteiger partial charge in [-0.2, -0.15) is 5.26 Å². The molecule has 0 amide bonds. The second-order valence-corrected chi connectivity index (χ2v) is 5.72. The first kappa shape index (κ1) is 16.1. The first-order valence-corrected chi connectivity index (χ1v) is 8.39. The molecule has 0 aliphatic heterocycles. The summed E-state index contributed by atoms with van der Waals surface area (Å²) in [7, 11) is 0. The molecule has 0 saturated carbocycles. The third kappa shape index (κ3) is 3.57. The van der Waals surface area contributed by atoms with Gasteiger partial charge in [-0.3, -0.25) is 0 Å². The van der Waals surface area contributed by atoms with Gasteiger partial charge in [-0.1, -0.05) is 25.1 Å².